The summed E-state index contributed by atoms with van der Waals surface area (Å²) in [6.45, 7) is 3.23. The van der Waals surface area contributed by atoms with Gasteiger partial charge in [-0.25, -0.2) is 4.79 Å². The number of unbranched alkanes of at least 4 members (excludes halogenated alkanes) is 2. The van der Waals surface area contributed by atoms with Crippen molar-refractivity contribution in [1.82, 2.24) is 0 Å². The van der Waals surface area contributed by atoms with Crippen molar-refractivity contribution >= 4 is 51.3 Å². The third kappa shape index (κ3) is 10.3. The van der Waals surface area contributed by atoms with Gasteiger partial charge in [0.15, 0.2) is 11.5 Å². The van der Waals surface area contributed by atoms with E-state index in [0.717, 1.165) is 31.2 Å². The van der Waals surface area contributed by atoms with Crippen LogP contribution in [0.4, 0.5) is 0 Å². The molecule has 0 fully saturated rings. The second kappa shape index (κ2) is 12.5. The van der Waals surface area contributed by atoms with Crippen LogP contribution in [0.5, 0.6) is 11.5 Å². The predicted octanol–water partition coefficient (Wildman–Crippen LogP) is 5.87. The Morgan fingerprint density at radius 3 is 2.42 bits per heavy atom. The summed E-state index contributed by atoms with van der Waals surface area (Å²) >= 11 is 17.6. The van der Waals surface area contributed by atoms with Crippen LogP contribution in [0.25, 0.3) is 6.08 Å². The van der Waals surface area contributed by atoms with Gasteiger partial charge in [0.25, 0.3) is 0 Å². The topological polar surface area (TPSA) is 44.8 Å². The molecule has 0 aliphatic rings. The highest BCUT2D eigenvalue weighted by atomic mass is 35.8. The monoisotopic (exact) mass is 438 g/mol. The van der Waals surface area contributed by atoms with Crippen LogP contribution in [0.1, 0.15) is 38.2 Å². The maximum Gasteiger partial charge on any atom is 0.341 e. The molecule has 0 spiro atoms. The van der Waals surface area contributed by atoms with Gasteiger partial charge in [-0.15, -0.1) is 33.2 Å². The quantitative estimate of drug-likeness (QED) is 0.134. The second-order valence-corrected chi connectivity index (χ2v) is 15.0. The molecule has 0 radical (unpaired) electrons. The van der Waals surface area contributed by atoms with Crippen molar-refractivity contribution in [3.05, 3.63) is 29.8 Å². The molecule has 1 aromatic carbocycles. The first kappa shape index (κ1) is 23.2. The SMILES string of the molecule is CCCCOc1cc(C=CC(=O)OC)ccc1OCCCC[Si](Cl)(Cl)Cl. The molecule has 0 unspecified atom stereocenters. The molecule has 1 aromatic rings. The zero-order chi connectivity index (χ0) is 19.4. The number of benzene rings is 1. The maximum absolute atomic E-state index is 11.2. The lowest BCUT2D eigenvalue weighted by molar-refractivity contribution is -0.134. The molecule has 146 valence electrons. The summed E-state index contributed by atoms with van der Waals surface area (Å²) in [6.07, 6.45) is 6.66. The van der Waals surface area contributed by atoms with E-state index in [-0.39, 0.29) is 0 Å². The summed E-state index contributed by atoms with van der Waals surface area (Å²) in [7, 11) is 1.34. The average molecular weight is 440 g/mol. The van der Waals surface area contributed by atoms with Gasteiger partial charge in [-0.3, -0.25) is 0 Å². The Balaban J connectivity index is 2.69. The molecule has 26 heavy (non-hydrogen) atoms. The molecule has 0 amide bonds. The summed E-state index contributed by atoms with van der Waals surface area (Å²) in [5.41, 5.74) is 0.830. The Hall–Kier alpha value is -0.883. The number of esters is 1. The van der Waals surface area contributed by atoms with Crippen molar-refractivity contribution in [1.29, 1.82) is 0 Å². The number of ether oxygens (including phenoxy) is 3. The minimum absolute atomic E-state index is 0.406. The van der Waals surface area contributed by atoms with Crippen LogP contribution in [0.3, 0.4) is 0 Å². The van der Waals surface area contributed by atoms with E-state index in [4.69, 9.17) is 42.7 Å². The van der Waals surface area contributed by atoms with E-state index >= 15 is 0 Å². The van der Waals surface area contributed by atoms with Gasteiger partial charge >= 0.3 is 12.0 Å². The zero-order valence-electron chi connectivity index (χ0n) is 15.1. The number of hydrogen-bond acceptors (Lipinski definition) is 4. The van der Waals surface area contributed by atoms with Gasteiger partial charge in [-0.05, 0) is 49.1 Å². The van der Waals surface area contributed by atoms with E-state index in [2.05, 4.69) is 11.7 Å². The first-order valence-electron chi connectivity index (χ1n) is 8.58. The largest absolute Gasteiger partial charge is 0.490 e. The highest BCUT2D eigenvalue weighted by Gasteiger charge is 2.23. The molecule has 0 saturated carbocycles. The van der Waals surface area contributed by atoms with Gasteiger partial charge < -0.3 is 14.2 Å². The van der Waals surface area contributed by atoms with Crippen LogP contribution in [0.15, 0.2) is 24.3 Å². The Morgan fingerprint density at radius 2 is 1.77 bits per heavy atom. The van der Waals surface area contributed by atoms with E-state index in [0.29, 0.717) is 30.8 Å². The zero-order valence-corrected chi connectivity index (χ0v) is 18.4. The summed E-state index contributed by atoms with van der Waals surface area (Å²) in [5, 5.41) is 0. The average Bonchev–Trinajstić information content (AvgIpc) is 2.59. The van der Waals surface area contributed by atoms with E-state index in [9.17, 15) is 4.79 Å². The Bertz CT molecular complexity index is 588. The third-order valence-corrected chi connectivity index (χ3v) is 6.07. The first-order chi connectivity index (χ1) is 12.4. The van der Waals surface area contributed by atoms with Crippen molar-refractivity contribution in [3.8, 4) is 11.5 Å². The highest BCUT2D eigenvalue weighted by molar-refractivity contribution is 7.64. The number of carbonyl (C=O) groups excluding carboxylic acids is 1. The number of rotatable bonds is 12. The Morgan fingerprint density at radius 1 is 1.08 bits per heavy atom. The number of methoxy groups -OCH3 is 1. The molecule has 0 heterocycles. The van der Waals surface area contributed by atoms with Crippen LogP contribution in [-0.4, -0.2) is 32.3 Å². The molecule has 1 rings (SSSR count). The predicted molar refractivity (Wildman–Crippen MR) is 111 cm³/mol. The number of carbonyl (C=O) groups is 1. The van der Waals surface area contributed by atoms with Gasteiger partial charge in [-0.1, -0.05) is 19.4 Å². The van der Waals surface area contributed by atoms with Gasteiger partial charge in [-0.2, -0.15) is 0 Å². The van der Waals surface area contributed by atoms with Gasteiger partial charge in [0, 0.05) is 6.08 Å². The number of hydrogen-bond donors (Lipinski definition) is 0. The Kier molecular flexibility index (Phi) is 11.1. The van der Waals surface area contributed by atoms with E-state index in [1.165, 1.54) is 13.2 Å². The lowest BCUT2D eigenvalue weighted by atomic mass is 10.2. The van der Waals surface area contributed by atoms with Crippen LogP contribution >= 0.6 is 33.2 Å². The fraction of sp³-hybridized carbons (Fsp3) is 0.500. The molecule has 0 atom stereocenters. The summed E-state index contributed by atoms with van der Waals surface area (Å²) in [6, 6.07) is 3.60. The van der Waals surface area contributed by atoms with Crippen LogP contribution < -0.4 is 9.47 Å². The molecule has 0 N–H and O–H groups in total. The molecule has 0 aliphatic heterocycles. The molecular weight excluding hydrogens is 415 g/mol. The molecular formula is C18H25Cl3O4Si. The highest BCUT2D eigenvalue weighted by Crippen LogP contribution is 2.30. The molecule has 0 aliphatic carbocycles. The second-order valence-electron chi connectivity index (χ2n) is 5.69. The van der Waals surface area contributed by atoms with Crippen molar-refractivity contribution < 1.29 is 19.0 Å². The smallest absolute Gasteiger partial charge is 0.341 e. The first-order valence-corrected chi connectivity index (χ1v) is 13.8. The standard InChI is InChI=1S/C18H25Cl3O4Si/c1-3-4-11-25-17-14-15(8-10-18(22)23-2)7-9-16(17)24-12-5-6-13-26(19,20)21/h7-10,14H,3-6,11-13H2,1-2H3. The minimum Gasteiger partial charge on any atom is -0.490 e. The molecule has 4 nitrogen and oxygen atoms in total. The normalized spacial score (nSPS) is 11.6. The fourth-order valence-electron chi connectivity index (χ4n) is 2.03. The van der Waals surface area contributed by atoms with Crippen molar-refractivity contribution in [2.75, 3.05) is 20.3 Å². The summed E-state index contributed by atoms with van der Waals surface area (Å²) in [4.78, 5) is 11.2. The van der Waals surface area contributed by atoms with Gasteiger partial charge in [0.1, 0.15) is 0 Å². The minimum atomic E-state index is -2.56. The van der Waals surface area contributed by atoms with Crippen molar-refractivity contribution in [2.45, 2.75) is 38.7 Å². The van der Waals surface area contributed by atoms with E-state index in [1.807, 2.05) is 18.2 Å². The van der Waals surface area contributed by atoms with Gasteiger partial charge in [0.05, 0.1) is 20.3 Å². The lowest BCUT2D eigenvalue weighted by Crippen LogP contribution is -2.09. The van der Waals surface area contributed by atoms with Gasteiger partial charge in [0.2, 0.25) is 0 Å². The van der Waals surface area contributed by atoms with E-state index in [1.54, 1.807) is 6.08 Å². The summed E-state index contributed by atoms with van der Waals surface area (Å²) < 4.78 is 16.3. The van der Waals surface area contributed by atoms with Crippen molar-refractivity contribution in [3.63, 3.8) is 0 Å². The van der Waals surface area contributed by atoms with Crippen molar-refractivity contribution in [2.24, 2.45) is 0 Å². The molecule has 8 heteroatoms. The van der Waals surface area contributed by atoms with Crippen LogP contribution in [0.2, 0.25) is 6.04 Å². The lowest BCUT2D eigenvalue weighted by Gasteiger charge is -2.14. The Labute approximate surface area is 170 Å². The summed E-state index contributed by atoms with van der Waals surface area (Å²) in [5.74, 6) is 0.917. The molecule has 0 saturated heterocycles. The van der Waals surface area contributed by atoms with E-state index < -0.39 is 12.0 Å². The maximum atomic E-state index is 11.2. The molecule has 0 bridgehead atoms. The third-order valence-electron chi connectivity index (χ3n) is 3.45. The van der Waals surface area contributed by atoms with Crippen LogP contribution in [-0.2, 0) is 9.53 Å². The fourth-order valence-corrected chi connectivity index (χ4v) is 3.88. The van der Waals surface area contributed by atoms with Crippen LogP contribution in [0, 0.1) is 0 Å². The number of halogens is 3. The molecule has 0 aromatic heterocycles.